The second kappa shape index (κ2) is 5.29. The third kappa shape index (κ3) is 2.58. The molecule has 1 atom stereocenters. The fraction of sp³-hybridized carbons (Fsp3) is 0.538. The molecular formula is C13H20N2. The summed E-state index contributed by atoms with van der Waals surface area (Å²) in [4.78, 5) is 0. The molecule has 2 rings (SSSR count). The number of hydrogen-bond donors (Lipinski definition) is 2. The highest BCUT2D eigenvalue weighted by atomic mass is 14.9. The molecule has 1 aromatic rings. The second-order valence-electron chi connectivity index (χ2n) is 4.27. The van der Waals surface area contributed by atoms with Gasteiger partial charge in [0, 0.05) is 13.1 Å². The van der Waals surface area contributed by atoms with Crippen molar-refractivity contribution < 1.29 is 0 Å². The monoisotopic (exact) mass is 204 g/mol. The summed E-state index contributed by atoms with van der Waals surface area (Å²) in [5.41, 5.74) is 2.98. The van der Waals surface area contributed by atoms with Crippen LogP contribution in [0.2, 0.25) is 0 Å². The predicted molar refractivity (Wildman–Crippen MR) is 64.1 cm³/mol. The van der Waals surface area contributed by atoms with Gasteiger partial charge in [-0.2, -0.15) is 0 Å². The van der Waals surface area contributed by atoms with Crippen LogP contribution in [0.25, 0.3) is 0 Å². The molecule has 0 aliphatic carbocycles. The molecule has 2 heteroatoms. The number of piperidine rings is 1. The molecule has 0 spiro atoms. The molecular weight excluding hydrogens is 184 g/mol. The average molecular weight is 204 g/mol. The van der Waals surface area contributed by atoms with E-state index in [2.05, 4.69) is 34.9 Å². The molecule has 1 unspecified atom stereocenters. The van der Waals surface area contributed by atoms with E-state index < -0.39 is 0 Å². The predicted octanol–water partition coefficient (Wildman–Crippen LogP) is 1.87. The molecule has 0 radical (unpaired) electrons. The minimum absolute atomic E-state index is 0.711. The van der Waals surface area contributed by atoms with Crippen LogP contribution >= 0.6 is 0 Å². The molecule has 1 aromatic carbocycles. The van der Waals surface area contributed by atoms with E-state index in [9.17, 15) is 0 Å². The van der Waals surface area contributed by atoms with Crippen LogP contribution in [0.4, 0.5) is 0 Å². The van der Waals surface area contributed by atoms with Gasteiger partial charge in [0.2, 0.25) is 0 Å². The molecule has 1 heterocycles. The van der Waals surface area contributed by atoms with Gasteiger partial charge in [-0.3, -0.25) is 0 Å². The highest BCUT2D eigenvalue weighted by Gasteiger charge is 2.17. The quantitative estimate of drug-likeness (QED) is 0.785. The zero-order chi connectivity index (χ0) is 10.5. The summed E-state index contributed by atoms with van der Waals surface area (Å²) < 4.78 is 0. The van der Waals surface area contributed by atoms with Gasteiger partial charge in [0.1, 0.15) is 0 Å². The fourth-order valence-corrected chi connectivity index (χ4v) is 2.40. The Hall–Kier alpha value is -0.860. The summed E-state index contributed by atoms with van der Waals surface area (Å²) in [6.45, 7) is 3.30. The summed E-state index contributed by atoms with van der Waals surface area (Å²) in [5, 5.41) is 6.73. The van der Waals surface area contributed by atoms with Crippen molar-refractivity contribution in [1.82, 2.24) is 10.6 Å². The van der Waals surface area contributed by atoms with Gasteiger partial charge in [0.15, 0.2) is 0 Å². The van der Waals surface area contributed by atoms with Crippen molar-refractivity contribution in [3.63, 3.8) is 0 Å². The third-order valence-electron chi connectivity index (χ3n) is 3.16. The summed E-state index contributed by atoms with van der Waals surface area (Å²) in [5.74, 6) is 0.711. The van der Waals surface area contributed by atoms with Crippen molar-refractivity contribution in [1.29, 1.82) is 0 Å². The molecule has 82 valence electrons. The Morgan fingerprint density at radius 1 is 1.40 bits per heavy atom. The zero-order valence-corrected chi connectivity index (χ0v) is 9.42. The van der Waals surface area contributed by atoms with E-state index in [4.69, 9.17) is 0 Å². The lowest BCUT2D eigenvalue weighted by Crippen LogP contribution is -2.29. The minimum Gasteiger partial charge on any atom is -0.316 e. The Kier molecular flexibility index (Phi) is 3.75. The molecule has 1 aliphatic heterocycles. The molecule has 0 aromatic heterocycles. The Morgan fingerprint density at radius 3 is 3.00 bits per heavy atom. The Morgan fingerprint density at radius 2 is 2.27 bits per heavy atom. The van der Waals surface area contributed by atoms with Crippen LogP contribution in [0.5, 0.6) is 0 Å². The maximum absolute atomic E-state index is 3.48. The van der Waals surface area contributed by atoms with Gasteiger partial charge < -0.3 is 10.6 Å². The summed E-state index contributed by atoms with van der Waals surface area (Å²) in [7, 11) is 2.01. The Labute approximate surface area is 92.1 Å². The van der Waals surface area contributed by atoms with Crippen LogP contribution < -0.4 is 10.6 Å². The van der Waals surface area contributed by atoms with Gasteiger partial charge in [-0.25, -0.2) is 0 Å². The van der Waals surface area contributed by atoms with E-state index >= 15 is 0 Å². The molecule has 1 aliphatic rings. The first-order valence-electron chi connectivity index (χ1n) is 5.85. The standard InChI is InChI=1S/C13H20N2/c1-14-9-11-5-2-3-7-13(11)12-6-4-8-15-10-12/h2-3,5,7,12,14-15H,4,6,8-10H2,1H3. The lowest BCUT2D eigenvalue weighted by atomic mass is 9.88. The SMILES string of the molecule is CNCc1ccccc1C1CCCNC1. The summed E-state index contributed by atoms with van der Waals surface area (Å²) in [6.07, 6.45) is 2.63. The number of hydrogen-bond acceptors (Lipinski definition) is 2. The van der Waals surface area contributed by atoms with E-state index in [1.54, 1.807) is 0 Å². The van der Waals surface area contributed by atoms with Crippen molar-refractivity contribution in [2.45, 2.75) is 25.3 Å². The van der Waals surface area contributed by atoms with Crippen LogP contribution in [0.1, 0.15) is 29.9 Å². The smallest absolute Gasteiger partial charge is 0.0205 e. The molecule has 0 amide bonds. The van der Waals surface area contributed by atoms with Crippen molar-refractivity contribution in [3.05, 3.63) is 35.4 Å². The fourth-order valence-electron chi connectivity index (χ4n) is 2.40. The van der Waals surface area contributed by atoms with Crippen LogP contribution in [0.15, 0.2) is 24.3 Å². The molecule has 15 heavy (non-hydrogen) atoms. The highest BCUT2D eigenvalue weighted by Crippen LogP contribution is 2.25. The van der Waals surface area contributed by atoms with Crippen LogP contribution in [-0.2, 0) is 6.54 Å². The van der Waals surface area contributed by atoms with Crippen molar-refractivity contribution in [2.75, 3.05) is 20.1 Å². The highest BCUT2D eigenvalue weighted by molar-refractivity contribution is 5.31. The molecule has 0 bridgehead atoms. The lowest BCUT2D eigenvalue weighted by molar-refractivity contribution is 0.459. The van der Waals surface area contributed by atoms with Gasteiger partial charge in [-0.05, 0) is 43.5 Å². The second-order valence-corrected chi connectivity index (χ2v) is 4.27. The number of benzene rings is 1. The minimum atomic E-state index is 0.711. The average Bonchev–Trinajstić information content (AvgIpc) is 2.31. The van der Waals surface area contributed by atoms with E-state index in [0.717, 1.165) is 13.1 Å². The molecule has 1 saturated heterocycles. The lowest BCUT2D eigenvalue weighted by Gasteiger charge is -2.25. The van der Waals surface area contributed by atoms with E-state index in [1.807, 2.05) is 7.05 Å². The number of nitrogens with one attached hydrogen (secondary N) is 2. The van der Waals surface area contributed by atoms with Crippen LogP contribution in [0.3, 0.4) is 0 Å². The first-order chi connectivity index (χ1) is 7.42. The zero-order valence-electron chi connectivity index (χ0n) is 9.42. The molecule has 2 nitrogen and oxygen atoms in total. The Balaban J connectivity index is 2.17. The van der Waals surface area contributed by atoms with E-state index in [-0.39, 0.29) is 0 Å². The normalized spacial score (nSPS) is 21.5. The topological polar surface area (TPSA) is 24.1 Å². The van der Waals surface area contributed by atoms with Crippen molar-refractivity contribution in [2.24, 2.45) is 0 Å². The van der Waals surface area contributed by atoms with Gasteiger partial charge in [-0.1, -0.05) is 24.3 Å². The molecule has 0 saturated carbocycles. The van der Waals surface area contributed by atoms with Gasteiger partial charge in [0.25, 0.3) is 0 Å². The first kappa shape index (κ1) is 10.7. The van der Waals surface area contributed by atoms with Crippen LogP contribution in [0, 0.1) is 0 Å². The molecule has 1 fully saturated rings. The van der Waals surface area contributed by atoms with Gasteiger partial charge in [0.05, 0.1) is 0 Å². The van der Waals surface area contributed by atoms with Crippen LogP contribution in [-0.4, -0.2) is 20.1 Å². The summed E-state index contributed by atoms with van der Waals surface area (Å²) in [6, 6.07) is 8.81. The van der Waals surface area contributed by atoms with Gasteiger partial charge in [-0.15, -0.1) is 0 Å². The maximum atomic E-state index is 3.48. The Bertz CT molecular complexity index is 303. The molecule has 2 N–H and O–H groups in total. The van der Waals surface area contributed by atoms with Gasteiger partial charge >= 0.3 is 0 Å². The van der Waals surface area contributed by atoms with E-state index in [1.165, 1.54) is 30.5 Å². The van der Waals surface area contributed by atoms with E-state index in [0.29, 0.717) is 5.92 Å². The summed E-state index contributed by atoms with van der Waals surface area (Å²) >= 11 is 0. The maximum Gasteiger partial charge on any atom is 0.0205 e. The van der Waals surface area contributed by atoms with Crippen molar-refractivity contribution in [3.8, 4) is 0 Å². The van der Waals surface area contributed by atoms with Crippen molar-refractivity contribution >= 4 is 0 Å². The number of rotatable bonds is 3. The first-order valence-corrected chi connectivity index (χ1v) is 5.85. The largest absolute Gasteiger partial charge is 0.316 e. The third-order valence-corrected chi connectivity index (χ3v) is 3.16.